The number of Topliss-reactive ketones (excluding diaryl/α,β-unsaturated/α-hetero) is 1. The normalized spacial score (nSPS) is 13.6. The van der Waals surface area contributed by atoms with Gasteiger partial charge in [-0.05, 0) is 44.4 Å². The summed E-state index contributed by atoms with van der Waals surface area (Å²) in [5.41, 5.74) is -0.459. The van der Waals surface area contributed by atoms with Crippen molar-refractivity contribution in [1.29, 1.82) is 0 Å². The van der Waals surface area contributed by atoms with E-state index in [0.717, 1.165) is 28.8 Å². The van der Waals surface area contributed by atoms with E-state index >= 15 is 0 Å². The van der Waals surface area contributed by atoms with Crippen LogP contribution in [0.15, 0.2) is 29.2 Å². The van der Waals surface area contributed by atoms with Crippen molar-refractivity contribution in [2.45, 2.75) is 69.2 Å². The van der Waals surface area contributed by atoms with Gasteiger partial charge in [0.25, 0.3) is 0 Å². The second kappa shape index (κ2) is 7.50. The van der Waals surface area contributed by atoms with Crippen LogP contribution in [0.1, 0.15) is 55.8 Å². The zero-order valence-corrected chi connectivity index (χ0v) is 18.8. The fourth-order valence-corrected chi connectivity index (χ4v) is 5.48. The Kier molecular flexibility index (Phi) is 6.09. The molecule has 0 saturated carbocycles. The van der Waals surface area contributed by atoms with Gasteiger partial charge in [0.1, 0.15) is 9.75 Å². The van der Waals surface area contributed by atoms with Gasteiger partial charge in [-0.25, -0.2) is 13.4 Å². The number of halogens is 3. The second-order valence-corrected chi connectivity index (χ2v) is 12.0. The first kappa shape index (κ1) is 23.5. The van der Waals surface area contributed by atoms with Gasteiger partial charge in [-0.2, -0.15) is 13.2 Å². The summed E-state index contributed by atoms with van der Waals surface area (Å²) in [6.45, 7) is 10.3. The Balaban J connectivity index is 2.38. The van der Waals surface area contributed by atoms with Crippen LogP contribution in [0, 0.1) is 6.92 Å². The number of hydrogen-bond donors (Lipinski definition) is 0. The van der Waals surface area contributed by atoms with Gasteiger partial charge in [-0.3, -0.25) is 4.79 Å². The second-order valence-electron chi connectivity index (χ2n) is 8.41. The Morgan fingerprint density at radius 3 is 2.17 bits per heavy atom. The molecular formula is C20H24F3NO3S2. The first-order chi connectivity index (χ1) is 13.0. The number of aromatic nitrogens is 1. The van der Waals surface area contributed by atoms with Crippen LogP contribution in [-0.2, 0) is 32.6 Å². The van der Waals surface area contributed by atoms with E-state index in [1.165, 1.54) is 25.2 Å². The summed E-state index contributed by atoms with van der Waals surface area (Å²) in [7, 11) is -4.35. The molecule has 2 aromatic rings. The van der Waals surface area contributed by atoms with Crippen molar-refractivity contribution in [2.75, 3.05) is 0 Å². The first-order valence-corrected chi connectivity index (χ1v) is 11.2. The third kappa shape index (κ3) is 4.71. The van der Waals surface area contributed by atoms with Crippen LogP contribution < -0.4 is 0 Å². The number of sulfone groups is 1. The average molecular weight is 448 g/mol. The molecule has 0 atom stereocenters. The molecule has 2 rings (SSSR count). The van der Waals surface area contributed by atoms with E-state index in [0.29, 0.717) is 11.1 Å². The number of carbonyl (C=O) groups excluding carboxylic acids is 1. The Labute approximate surface area is 173 Å². The third-order valence-electron chi connectivity index (χ3n) is 4.65. The van der Waals surface area contributed by atoms with E-state index in [1.54, 1.807) is 0 Å². The largest absolute Gasteiger partial charge is 0.416 e. The maximum atomic E-state index is 13.0. The molecular weight excluding hydrogens is 423 g/mol. The van der Waals surface area contributed by atoms with Crippen LogP contribution in [0.25, 0.3) is 0 Å². The minimum absolute atomic E-state index is 0.164. The fourth-order valence-electron chi connectivity index (χ4n) is 2.86. The van der Waals surface area contributed by atoms with Crippen molar-refractivity contribution in [3.05, 3.63) is 45.4 Å². The van der Waals surface area contributed by atoms with Crippen LogP contribution in [0.2, 0.25) is 0 Å². The number of nitrogens with zero attached hydrogens (tertiary/aromatic N) is 1. The van der Waals surface area contributed by atoms with Crippen molar-refractivity contribution in [3.8, 4) is 0 Å². The number of carbonyl (C=O) groups is 1. The number of ketones is 1. The van der Waals surface area contributed by atoms with Crippen molar-refractivity contribution in [1.82, 2.24) is 4.98 Å². The molecule has 0 radical (unpaired) electrons. The molecule has 0 aliphatic rings. The predicted molar refractivity (Wildman–Crippen MR) is 107 cm³/mol. The first-order valence-electron chi connectivity index (χ1n) is 8.90. The Morgan fingerprint density at radius 1 is 1.10 bits per heavy atom. The van der Waals surface area contributed by atoms with Crippen LogP contribution in [0.5, 0.6) is 0 Å². The monoisotopic (exact) mass is 447 g/mol. The fraction of sp³-hybridized carbons (Fsp3) is 0.500. The summed E-state index contributed by atoms with van der Waals surface area (Å²) in [4.78, 5) is 17.7. The molecule has 9 heteroatoms. The highest BCUT2D eigenvalue weighted by Gasteiger charge is 2.43. The zero-order chi connectivity index (χ0) is 22.4. The molecule has 29 heavy (non-hydrogen) atoms. The zero-order valence-electron chi connectivity index (χ0n) is 17.1. The number of rotatable bonds is 5. The van der Waals surface area contributed by atoms with Crippen LogP contribution in [-0.4, -0.2) is 23.9 Å². The summed E-state index contributed by atoms with van der Waals surface area (Å²) in [5.74, 6) is -0.621. The molecule has 0 aliphatic heterocycles. The average Bonchev–Trinajstić information content (AvgIpc) is 2.94. The molecule has 0 spiro atoms. The molecule has 160 valence electrons. The lowest BCUT2D eigenvalue weighted by Gasteiger charge is -2.23. The molecule has 1 aromatic carbocycles. The summed E-state index contributed by atoms with van der Waals surface area (Å²) in [6, 6.07) is 3.46. The highest BCUT2D eigenvalue weighted by Crippen LogP contribution is 2.35. The third-order valence-corrected chi connectivity index (χ3v) is 8.68. The van der Waals surface area contributed by atoms with Gasteiger partial charge in [0, 0.05) is 4.88 Å². The van der Waals surface area contributed by atoms with E-state index < -0.39 is 37.0 Å². The van der Waals surface area contributed by atoms with E-state index in [4.69, 9.17) is 0 Å². The van der Waals surface area contributed by atoms with E-state index in [9.17, 15) is 26.4 Å². The van der Waals surface area contributed by atoms with Gasteiger partial charge < -0.3 is 0 Å². The van der Waals surface area contributed by atoms with E-state index in [-0.39, 0.29) is 11.8 Å². The minimum Gasteiger partial charge on any atom is -0.297 e. The number of alkyl halides is 3. The number of thiazole rings is 1. The molecule has 0 N–H and O–H groups in total. The molecule has 0 amide bonds. The van der Waals surface area contributed by atoms with Crippen molar-refractivity contribution in [3.63, 3.8) is 0 Å². The standard InChI is InChI=1S/C20H24F3NO3S2/c1-12-17(18(2,3)4)28-16(24-12)11-15(25)19(5,6)29(26,27)14-9-7-8-13(10-14)20(21,22)23/h7-10H,11H2,1-6H3. The lowest BCUT2D eigenvalue weighted by Crippen LogP contribution is -2.41. The van der Waals surface area contributed by atoms with E-state index in [1.807, 2.05) is 27.7 Å². The topological polar surface area (TPSA) is 64.1 Å². The number of hydrogen-bond acceptors (Lipinski definition) is 5. The highest BCUT2D eigenvalue weighted by atomic mass is 32.2. The van der Waals surface area contributed by atoms with E-state index in [2.05, 4.69) is 4.98 Å². The summed E-state index contributed by atoms with van der Waals surface area (Å²) < 4.78 is 63.0. The molecule has 0 fully saturated rings. The Bertz CT molecular complexity index is 1030. The lowest BCUT2D eigenvalue weighted by molar-refractivity contribution is -0.137. The molecule has 0 unspecified atom stereocenters. The number of benzene rings is 1. The molecule has 0 aliphatic carbocycles. The van der Waals surface area contributed by atoms with Crippen LogP contribution in [0.4, 0.5) is 13.2 Å². The Hall–Kier alpha value is -1.74. The van der Waals surface area contributed by atoms with Gasteiger partial charge >= 0.3 is 6.18 Å². The van der Waals surface area contributed by atoms with Crippen molar-refractivity contribution < 1.29 is 26.4 Å². The summed E-state index contributed by atoms with van der Waals surface area (Å²) in [6.07, 6.45) is -4.88. The van der Waals surface area contributed by atoms with Crippen LogP contribution >= 0.6 is 11.3 Å². The van der Waals surface area contributed by atoms with Gasteiger partial charge in [-0.15, -0.1) is 11.3 Å². The molecule has 4 nitrogen and oxygen atoms in total. The quantitative estimate of drug-likeness (QED) is 0.637. The van der Waals surface area contributed by atoms with Gasteiger partial charge in [0.05, 0.1) is 22.6 Å². The maximum absolute atomic E-state index is 13.0. The smallest absolute Gasteiger partial charge is 0.297 e. The molecule has 1 heterocycles. The van der Waals surface area contributed by atoms with Crippen molar-refractivity contribution >= 4 is 27.0 Å². The molecule has 0 saturated heterocycles. The predicted octanol–water partition coefficient (Wildman–Crippen LogP) is 5.13. The lowest BCUT2D eigenvalue weighted by atomic mass is 9.93. The highest BCUT2D eigenvalue weighted by molar-refractivity contribution is 7.93. The summed E-state index contributed by atoms with van der Waals surface area (Å²) in [5, 5.41) is 0.491. The maximum Gasteiger partial charge on any atom is 0.416 e. The molecule has 1 aromatic heterocycles. The molecule has 0 bridgehead atoms. The van der Waals surface area contributed by atoms with Crippen LogP contribution in [0.3, 0.4) is 0 Å². The van der Waals surface area contributed by atoms with Gasteiger partial charge in [-0.1, -0.05) is 26.8 Å². The Morgan fingerprint density at radius 2 is 1.69 bits per heavy atom. The van der Waals surface area contributed by atoms with Crippen molar-refractivity contribution in [2.24, 2.45) is 0 Å². The SMILES string of the molecule is Cc1nc(CC(=O)C(C)(C)S(=O)(=O)c2cccc(C(F)(F)F)c2)sc1C(C)(C)C. The van der Waals surface area contributed by atoms with Gasteiger partial charge in [0.2, 0.25) is 0 Å². The summed E-state index contributed by atoms with van der Waals surface area (Å²) >= 11 is 1.35. The minimum atomic E-state index is -4.68. The number of aryl methyl sites for hydroxylation is 1. The van der Waals surface area contributed by atoms with Gasteiger partial charge in [0.15, 0.2) is 15.6 Å².